The van der Waals surface area contributed by atoms with Gasteiger partial charge in [-0.05, 0) is 18.2 Å². The number of morpholine rings is 1. The Balaban J connectivity index is 1.31. The van der Waals surface area contributed by atoms with E-state index in [1.54, 1.807) is 11.8 Å². The van der Waals surface area contributed by atoms with Crippen molar-refractivity contribution in [1.29, 1.82) is 0 Å². The predicted molar refractivity (Wildman–Crippen MR) is 93.0 cm³/mol. The molecule has 1 amide bonds. The highest BCUT2D eigenvalue weighted by Crippen LogP contribution is 2.34. The zero-order valence-electron chi connectivity index (χ0n) is 13.8. The number of nitrogens with one attached hydrogen (secondary N) is 1. The normalized spacial score (nSPS) is 17.5. The van der Waals surface area contributed by atoms with Crippen LogP contribution in [0.4, 0.5) is 0 Å². The van der Waals surface area contributed by atoms with Gasteiger partial charge in [0.2, 0.25) is 5.91 Å². The van der Waals surface area contributed by atoms with Crippen LogP contribution in [0.1, 0.15) is 6.42 Å². The van der Waals surface area contributed by atoms with Gasteiger partial charge in [-0.15, -0.1) is 11.8 Å². The predicted octanol–water partition coefficient (Wildman–Crippen LogP) is 1.39. The molecule has 1 aromatic carbocycles. The summed E-state index contributed by atoms with van der Waals surface area (Å²) in [6.07, 6.45) is 0.516. The van der Waals surface area contributed by atoms with E-state index < -0.39 is 0 Å². The van der Waals surface area contributed by atoms with E-state index >= 15 is 0 Å². The number of nitrogens with zero attached hydrogens (tertiary/aromatic N) is 1. The summed E-state index contributed by atoms with van der Waals surface area (Å²) in [5.74, 6) is 2.45. The molecule has 1 saturated heterocycles. The second-order valence-corrected chi connectivity index (χ2v) is 6.88. The van der Waals surface area contributed by atoms with Crippen LogP contribution in [-0.2, 0) is 9.53 Å². The number of carbonyl (C=O) groups excluding carboxylic acids is 1. The van der Waals surface area contributed by atoms with Gasteiger partial charge in [0.05, 0.1) is 13.2 Å². The van der Waals surface area contributed by atoms with Crippen LogP contribution in [0.3, 0.4) is 0 Å². The average molecular weight is 352 g/mol. The van der Waals surface area contributed by atoms with Crippen molar-refractivity contribution in [2.45, 2.75) is 11.3 Å². The molecule has 6 nitrogen and oxygen atoms in total. The molecular weight excluding hydrogens is 328 g/mol. The first-order valence-electron chi connectivity index (χ1n) is 8.40. The number of thioether (sulfide) groups is 1. The molecule has 2 aliphatic rings. The summed E-state index contributed by atoms with van der Waals surface area (Å²) in [6.45, 7) is 6.28. The summed E-state index contributed by atoms with van der Waals surface area (Å²) >= 11 is 1.66. The van der Waals surface area contributed by atoms with Crippen molar-refractivity contribution in [1.82, 2.24) is 10.2 Å². The lowest BCUT2D eigenvalue weighted by Gasteiger charge is -2.26. The van der Waals surface area contributed by atoms with Gasteiger partial charge in [-0.2, -0.15) is 0 Å². The van der Waals surface area contributed by atoms with Crippen molar-refractivity contribution in [3.8, 4) is 11.5 Å². The Morgan fingerprint density at radius 3 is 2.75 bits per heavy atom. The first-order chi connectivity index (χ1) is 11.8. The lowest BCUT2D eigenvalue weighted by molar-refractivity contribution is -0.120. The summed E-state index contributed by atoms with van der Waals surface area (Å²) in [7, 11) is 0. The molecule has 3 rings (SSSR count). The van der Waals surface area contributed by atoms with Crippen LogP contribution in [0.15, 0.2) is 23.1 Å². The number of carbonyl (C=O) groups is 1. The lowest BCUT2D eigenvalue weighted by Crippen LogP contribution is -2.41. The van der Waals surface area contributed by atoms with E-state index in [0.29, 0.717) is 26.2 Å². The smallest absolute Gasteiger partial charge is 0.220 e. The van der Waals surface area contributed by atoms with E-state index in [0.717, 1.165) is 55.0 Å². The van der Waals surface area contributed by atoms with Crippen LogP contribution >= 0.6 is 11.8 Å². The van der Waals surface area contributed by atoms with Crippen LogP contribution in [0.2, 0.25) is 0 Å². The van der Waals surface area contributed by atoms with Crippen molar-refractivity contribution in [2.24, 2.45) is 0 Å². The van der Waals surface area contributed by atoms with E-state index in [-0.39, 0.29) is 5.91 Å². The SMILES string of the molecule is O=C(CCSc1ccc2c(c1)OCCO2)NCCN1CCOCC1. The molecule has 0 spiro atoms. The summed E-state index contributed by atoms with van der Waals surface area (Å²) in [5.41, 5.74) is 0. The Morgan fingerprint density at radius 2 is 1.92 bits per heavy atom. The van der Waals surface area contributed by atoms with Crippen LogP contribution in [-0.4, -0.2) is 69.2 Å². The minimum Gasteiger partial charge on any atom is -0.486 e. The monoisotopic (exact) mass is 352 g/mol. The van der Waals surface area contributed by atoms with E-state index in [1.807, 2.05) is 18.2 Å². The minimum absolute atomic E-state index is 0.105. The molecule has 1 N–H and O–H groups in total. The van der Waals surface area contributed by atoms with Gasteiger partial charge >= 0.3 is 0 Å². The number of amides is 1. The molecule has 1 aromatic rings. The second-order valence-electron chi connectivity index (χ2n) is 5.71. The molecule has 0 radical (unpaired) electrons. The second kappa shape index (κ2) is 9.15. The summed E-state index contributed by atoms with van der Waals surface area (Å²) < 4.78 is 16.4. The molecule has 0 atom stereocenters. The van der Waals surface area contributed by atoms with E-state index in [2.05, 4.69) is 10.2 Å². The van der Waals surface area contributed by atoms with Gasteiger partial charge in [0, 0.05) is 43.2 Å². The number of benzene rings is 1. The van der Waals surface area contributed by atoms with Gasteiger partial charge in [0.15, 0.2) is 11.5 Å². The lowest BCUT2D eigenvalue weighted by atomic mass is 10.3. The molecule has 2 heterocycles. The fraction of sp³-hybridized carbons (Fsp3) is 0.588. The Bertz CT molecular complexity index is 549. The Hall–Kier alpha value is -1.44. The third kappa shape index (κ3) is 5.29. The highest BCUT2D eigenvalue weighted by atomic mass is 32.2. The molecule has 2 aliphatic heterocycles. The molecule has 0 aliphatic carbocycles. The van der Waals surface area contributed by atoms with Gasteiger partial charge in [-0.25, -0.2) is 0 Å². The number of ether oxygens (including phenoxy) is 3. The van der Waals surface area contributed by atoms with Crippen LogP contribution in [0, 0.1) is 0 Å². The molecule has 24 heavy (non-hydrogen) atoms. The van der Waals surface area contributed by atoms with Gasteiger partial charge in [-0.1, -0.05) is 0 Å². The van der Waals surface area contributed by atoms with Crippen LogP contribution in [0.5, 0.6) is 11.5 Å². The summed E-state index contributed by atoms with van der Waals surface area (Å²) in [5, 5.41) is 2.99. The maximum atomic E-state index is 11.9. The molecular formula is C17H24N2O4S. The topological polar surface area (TPSA) is 60.0 Å². The van der Waals surface area contributed by atoms with E-state index in [4.69, 9.17) is 14.2 Å². The Morgan fingerprint density at radius 1 is 1.12 bits per heavy atom. The van der Waals surface area contributed by atoms with Crippen molar-refractivity contribution in [3.63, 3.8) is 0 Å². The molecule has 0 saturated carbocycles. The highest BCUT2D eigenvalue weighted by Gasteiger charge is 2.12. The van der Waals surface area contributed by atoms with Gasteiger partial charge in [0.25, 0.3) is 0 Å². The molecule has 0 bridgehead atoms. The number of hydrogen-bond donors (Lipinski definition) is 1. The molecule has 0 aromatic heterocycles. The first kappa shape index (κ1) is 17.4. The standard InChI is InChI=1S/C17H24N2O4S/c20-17(18-4-5-19-6-8-21-9-7-19)3-12-24-14-1-2-15-16(13-14)23-11-10-22-15/h1-2,13H,3-12H2,(H,18,20). The molecule has 7 heteroatoms. The maximum absolute atomic E-state index is 11.9. The van der Waals surface area contributed by atoms with Crippen molar-refractivity contribution < 1.29 is 19.0 Å². The molecule has 0 unspecified atom stereocenters. The summed E-state index contributed by atoms with van der Waals surface area (Å²) in [6, 6.07) is 5.92. The van der Waals surface area contributed by atoms with Crippen molar-refractivity contribution in [3.05, 3.63) is 18.2 Å². The third-order valence-electron chi connectivity index (χ3n) is 3.97. The largest absolute Gasteiger partial charge is 0.486 e. The van der Waals surface area contributed by atoms with Crippen molar-refractivity contribution in [2.75, 3.05) is 58.4 Å². The van der Waals surface area contributed by atoms with Gasteiger partial charge in [-0.3, -0.25) is 9.69 Å². The zero-order chi connectivity index (χ0) is 16.6. The summed E-state index contributed by atoms with van der Waals surface area (Å²) in [4.78, 5) is 15.3. The van der Waals surface area contributed by atoms with Crippen molar-refractivity contribution >= 4 is 17.7 Å². The minimum atomic E-state index is 0.105. The average Bonchev–Trinajstić information content (AvgIpc) is 2.62. The number of hydrogen-bond acceptors (Lipinski definition) is 6. The Kier molecular flexibility index (Phi) is 6.63. The van der Waals surface area contributed by atoms with Gasteiger partial charge < -0.3 is 19.5 Å². The van der Waals surface area contributed by atoms with E-state index in [1.165, 1.54) is 0 Å². The molecule has 1 fully saturated rings. The molecule has 132 valence electrons. The van der Waals surface area contributed by atoms with Crippen LogP contribution in [0.25, 0.3) is 0 Å². The highest BCUT2D eigenvalue weighted by molar-refractivity contribution is 7.99. The fourth-order valence-corrected chi connectivity index (χ4v) is 3.52. The maximum Gasteiger partial charge on any atom is 0.220 e. The fourth-order valence-electron chi connectivity index (χ4n) is 2.64. The van der Waals surface area contributed by atoms with Crippen LogP contribution < -0.4 is 14.8 Å². The van der Waals surface area contributed by atoms with E-state index in [9.17, 15) is 4.79 Å². The zero-order valence-corrected chi connectivity index (χ0v) is 14.6. The number of rotatable bonds is 7. The quantitative estimate of drug-likeness (QED) is 0.749. The third-order valence-corrected chi connectivity index (χ3v) is 4.96. The number of fused-ring (bicyclic) bond motifs is 1. The first-order valence-corrected chi connectivity index (χ1v) is 9.39. The Labute approximate surface area is 146 Å². The van der Waals surface area contributed by atoms with Gasteiger partial charge in [0.1, 0.15) is 13.2 Å².